The van der Waals surface area contributed by atoms with Crippen LogP contribution in [-0.4, -0.2) is 58.1 Å². The summed E-state index contributed by atoms with van der Waals surface area (Å²) in [7, 11) is 1.39. The monoisotopic (exact) mass is 734 g/mol. The molecule has 4 fully saturated rings. The maximum absolute atomic E-state index is 14.3. The minimum Gasteiger partial charge on any atom is -0.459 e. The summed E-state index contributed by atoms with van der Waals surface area (Å²) in [5, 5.41) is 0. The summed E-state index contributed by atoms with van der Waals surface area (Å²) in [6, 6.07) is 24.8. The number of benzene rings is 3. The Morgan fingerprint density at radius 1 is 0.778 bits per heavy atom. The standard InChI is InChI=1S/C42H42N2O10/c1-24-30(42-33(54-42)28-21-22-41(42,4)40(28,2)3)34(45)43(5)39(49)44(24)35-32(53-38(48)27-19-13-8-14-20-27)31(52-37(47)26-17-11-7-12-18-26)29(51-35)23-50-36(46)25-15-9-6-10-16-25/h6-20,28-29,31-33,35H,21-23H2,1-5H3/t28-,29-,31-,32-,33-,35-,41-,42-/m1/s1. The van der Waals surface area contributed by atoms with Gasteiger partial charge in [0.25, 0.3) is 5.56 Å². The van der Waals surface area contributed by atoms with E-state index in [9.17, 15) is 24.0 Å². The minimum atomic E-state index is -1.44. The van der Waals surface area contributed by atoms with Gasteiger partial charge in [0.05, 0.1) is 28.4 Å². The molecule has 8 atom stereocenters. The van der Waals surface area contributed by atoms with Crippen molar-refractivity contribution in [2.45, 2.75) is 76.8 Å². The quantitative estimate of drug-likeness (QED) is 0.129. The fourth-order valence-corrected chi connectivity index (χ4v) is 9.41. The largest absolute Gasteiger partial charge is 0.459 e. The number of nitrogens with zero attached hydrogens (tertiary/aromatic N) is 2. The number of rotatable bonds is 9. The van der Waals surface area contributed by atoms with E-state index in [1.54, 1.807) is 97.9 Å². The van der Waals surface area contributed by atoms with Crippen LogP contribution >= 0.6 is 0 Å². The molecule has 4 aliphatic rings. The zero-order valence-electron chi connectivity index (χ0n) is 30.7. The van der Waals surface area contributed by atoms with E-state index in [-0.39, 0.29) is 39.8 Å². The molecule has 3 aromatic carbocycles. The first-order chi connectivity index (χ1) is 25.8. The summed E-state index contributed by atoms with van der Waals surface area (Å²) in [6.45, 7) is 7.82. The molecule has 12 heteroatoms. The minimum absolute atomic E-state index is 0.142. The molecular formula is C42H42N2O10. The predicted octanol–water partition coefficient (Wildman–Crippen LogP) is 5.11. The van der Waals surface area contributed by atoms with Gasteiger partial charge in [-0.2, -0.15) is 0 Å². The van der Waals surface area contributed by atoms with E-state index in [1.165, 1.54) is 11.6 Å². The maximum Gasteiger partial charge on any atom is 0.338 e. The highest BCUT2D eigenvalue weighted by Gasteiger charge is 2.85. The molecule has 1 aromatic heterocycles. The molecule has 8 rings (SSSR count). The molecule has 0 amide bonds. The molecule has 54 heavy (non-hydrogen) atoms. The first-order valence-electron chi connectivity index (χ1n) is 18.2. The highest BCUT2D eigenvalue weighted by molar-refractivity contribution is 5.91. The second kappa shape index (κ2) is 12.9. The Hall–Kier alpha value is -5.33. The van der Waals surface area contributed by atoms with Gasteiger partial charge in [0.1, 0.15) is 18.3 Å². The van der Waals surface area contributed by atoms with E-state index in [4.69, 9.17) is 23.7 Å². The van der Waals surface area contributed by atoms with Crippen LogP contribution in [0.1, 0.15) is 82.2 Å². The summed E-state index contributed by atoms with van der Waals surface area (Å²) >= 11 is 0. The Labute approximate surface area is 311 Å². The molecule has 2 aliphatic carbocycles. The van der Waals surface area contributed by atoms with Crippen molar-refractivity contribution >= 4 is 17.9 Å². The summed E-state index contributed by atoms with van der Waals surface area (Å²) in [4.78, 5) is 69.2. The maximum atomic E-state index is 14.3. The number of fused-ring (bicyclic) bond motifs is 5. The summed E-state index contributed by atoms with van der Waals surface area (Å²) in [5.74, 6) is -1.95. The van der Waals surface area contributed by atoms with Gasteiger partial charge < -0.3 is 23.7 Å². The van der Waals surface area contributed by atoms with Crippen molar-refractivity contribution in [3.05, 3.63) is 140 Å². The van der Waals surface area contributed by atoms with Crippen LogP contribution in [0.5, 0.6) is 0 Å². The van der Waals surface area contributed by atoms with Crippen LogP contribution in [0.3, 0.4) is 0 Å². The Bertz CT molecular complexity index is 2250. The first-order valence-corrected chi connectivity index (χ1v) is 18.2. The predicted molar refractivity (Wildman–Crippen MR) is 194 cm³/mol. The number of carbonyl (C=O) groups is 3. The zero-order valence-corrected chi connectivity index (χ0v) is 30.7. The number of aromatic nitrogens is 2. The molecule has 2 saturated heterocycles. The van der Waals surface area contributed by atoms with Gasteiger partial charge in [0.2, 0.25) is 0 Å². The van der Waals surface area contributed by atoms with Crippen LogP contribution in [0.15, 0.2) is 101 Å². The van der Waals surface area contributed by atoms with E-state index in [0.717, 1.165) is 17.4 Å². The number of ether oxygens (including phenoxy) is 5. The molecule has 2 aliphatic heterocycles. The Balaban J connectivity index is 1.25. The topological polar surface area (TPSA) is 145 Å². The number of hydrogen-bond donors (Lipinski definition) is 0. The lowest BCUT2D eigenvalue weighted by molar-refractivity contribution is -0.0659. The Morgan fingerprint density at radius 3 is 1.81 bits per heavy atom. The number of esters is 3. The molecule has 2 saturated carbocycles. The fraction of sp³-hybridized carbons (Fsp3) is 0.405. The van der Waals surface area contributed by atoms with Gasteiger partial charge in [-0.3, -0.25) is 13.9 Å². The van der Waals surface area contributed by atoms with Crippen molar-refractivity contribution in [1.82, 2.24) is 9.13 Å². The molecule has 2 bridgehead atoms. The molecule has 0 N–H and O–H groups in total. The van der Waals surface area contributed by atoms with Crippen molar-refractivity contribution in [2.75, 3.05) is 6.61 Å². The number of hydrogen-bond acceptors (Lipinski definition) is 10. The lowest BCUT2D eigenvalue weighted by atomic mass is 9.63. The van der Waals surface area contributed by atoms with Crippen molar-refractivity contribution < 1.29 is 38.1 Å². The van der Waals surface area contributed by atoms with Gasteiger partial charge in [-0.1, -0.05) is 75.4 Å². The van der Waals surface area contributed by atoms with E-state index in [2.05, 4.69) is 20.8 Å². The second-order valence-electron chi connectivity index (χ2n) is 15.5. The van der Waals surface area contributed by atoms with Gasteiger partial charge >= 0.3 is 23.6 Å². The van der Waals surface area contributed by atoms with E-state index < -0.39 is 71.3 Å². The third-order valence-corrected chi connectivity index (χ3v) is 12.7. The smallest absolute Gasteiger partial charge is 0.338 e. The van der Waals surface area contributed by atoms with Gasteiger partial charge in [0.15, 0.2) is 18.4 Å². The van der Waals surface area contributed by atoms with Crippen LogP contribution in [0.4, 0.5) is 0 Å². The molecule has 280 valence electrons. The van der Waals surface area contributed by atoms with Crippen LogP contribution in [0, 0.1) is 23.7 Å². The van der Waals surface area contributed by atoms with E-state index in [0.29, 0.717) is 5.56 Å². The van der Waals surface area contributed by atoms with Crippen molar-refractivity contribution in [3.8, 4) is 0 Å². The lowest BCUT2D eigenvalue weighted by Crippen LogP contribution is -2.50. The van der Waals surface area contributed by atoms with Crippen LogP contribution < -0.4 is 11.2 Å². The third-order valence-electron chi connectivity index (χ3n) is 12.7. The van der Waals surface area contributed by atoms with Gasteiger partial charge in [-0.25, -0.2) is 19.2 Å². The molecule has 3 heterocycles. The fourth-order valence-electron chi connectivity index (χ4n) is 9.41. The highest BCUT2D eigenvalue weighted by Crippen LogP contribution is 2.81. The van der Waals surface area contributed by atoms with Crippen LogP contribution in [0.25, 0.3) is 0 Å². The molecule has 0 radical (unpaired) electrons. The molecule has 4 aromatic rings. The van der Waals surface area contributed by atoms with E-state index in [1.807, 2.05) is 0 Å². The van der Waals surface area contributed by atoms with Gasteiger partial charge in [0, 0.05) is 18.2 Å². The first kappa shape index (κ1) is 35.7. The van der Waals surface area contributed by atoms with Crippen LogP contribution in [-0.2, 0) is 36.3 Å². The lowest BCUT2D eigenvalue weighted by Gasteiger charge is -2.41. The van der Waals surface area contributed by atoms with E-state index >= 15 is 0 Å². The molecular weight excluding hydrogens is 692 g/mol. The molecule has 12 nitrogen and oxygen atoms in total. The normalized spacial score (nSPS) is 30.0. The number of carbonyl (C=O) groups excluding carboxylic acids is 3. The summed E-state index contributed by atoms with van der Waals surface area (Å²) in [6.07, 6.45) is -3.83. The Kier molecular flexibility index (Phi) is 8.53. The zero-order chi connectivity index (χ0) is 38.2. The third kappa shape index (κ3) is 5.21. The average molecular weight is 735 g/mol. The van der Waals surface area contributed by atoms with Gasteiger partial charge in [-0.15, -0.1) is 0 Å². The van der Waals surface area contributed by atoms with Crippen molar-refractivity contribution in [3.63, 3.8) is 0 Å². The summed E-state index contributed by atoms with van der Waals surface area (Å²) < 4.78 is 33.3. The summed E-state index contributed by atoms with van der Waals surface area (Å²) in [5.41, 5.74) is -1.35. The highest BCUT2D eigenvalue weighted by atomic mass is 16.7. The average Bonchev–Trinajstić information content (AvgIpc) is 3.75. The second-order valence-corrected chi connectivity index (χ2v) is 15.5. The van der Waals surface area contributed by atoms with Gasteiger partial charge in [-0.05, 0) is 67.5 Å². The molecule has 0 unspecified atom stereocenters. The Morgan fingerprint density at radius 2 is 1.30 bits per heavy atom. The van der Waals surface area contributed by atoms with Crippen molar-refractivity contribution in [1.29, 1.82) is 0 Å². The van der Waals surface area contributed by atoms with Crippen molar-refractivity contribution in [2.24, 2.45) is 23.8 Å². The van der Waals surface area contributed by atoms with Crippen LogP contribution in [0.2, 0.25) is 0 Å². The molecule has 0 spiro atoms. The number of epoxide rings is 1. The SMILES string of the molecule is Cc1c([C@@]23O[C@@H]2[C@H]2CC[C@]3(C)C2(C)C)c(=O)n(C)c(=O)n1[C@@H]1O[C@H](COC(=O)c2ccccc2)[C@@H](OC(=O)c2ccccc2)[C@H]1OC(=O)c1ccccc1.